The molecule has 110 valence electrons. The predicted molar refractivity (Wildman–Crippen MR) is 82.6 cm³/mol. The van der Waals surface area contributed by atoms with Crippen LogP contribution in [-0.2, 0) is 10.2 Å². The fourth-order valence-electron chi connectivity index (χ4n) is 3.22. The molecule has 1 amide bonds. The van der Waals surface area contributed by atoms with E-state index in [0.29, 0.717) is 13.1 Å². The van der Waals surface area contributed by atoms with Gasteiger partial charge in [0.2, 0.25) is 5.91 Å². The van der Waals surface area contributed by atoms with Crippen LogP contribution < -0.4 is 11.1 Å². The molecule has 3 N–H and O–H groups in total. The Labute approximate surface area is 121 Å². The third-order valence-corrected chi connectivity index (χ3v) is 4.38. The monoisotopic (exact) mass is 274 g/mol. The van der Waals surface area contributed by atoms with E-state index in [9.17, 15) is 4.79 Å². The molecule has 0 spiro atoms. The molecule has 2 rings (SSSR count). The maximum absolute atomic E-state index is 12.8. The zero-order valence-corrected chi connectivity index (χ0v) is 12.5. The quantitative estimate of drug-likeness (QED) is 0.811. The molecule has 3 nitrogen and oxygen atoms in total. The van der Waals surface area contributed by atoms with Gasteiger partial charge in [-0.2, -0.15) is 0 Å². The van der Waals surface area contributed by atoms with Gasteiger partial charge in [-0.1, -0.05) is 49.1 Å². The molecule has 1 fully saturated rings. The molecule has 1 aliphatic rings. The number of amides is 1. The molecule has 20 heavy (non-hydrogen) atoms. The molecule has 1 aromatic rings. The average Bonchev–Trinajstić information content (AvgIpc) is 2.48. The smallest absolute Gasteiger partial charge is 0.230 e. The fourth-order valence-corrected chi connectivity index (χ4v) is 3.22. The Morgan fingerprint density at radius 2 is 2.05 bits per heavy atom. The summed E-state index contributed by atoms with van der Waals surface area (Å²) >= 11 is 0. The number of nitrogens with one attached hydrogen (secondary N) is 1. The van der Waals surface area contributed by atoms with Crippen molar-refractivity contribution in [3.63, 3.8) is 0 Å². The molecule has 1 aliphatic carbocycles. The topological polar surface area (TPSA) is 55.1 Å². The Balaban J connectivity index is 2.23. The van der Waals surface area contributed by atoms with Crippen molar-refractivity contribution in [3.8, 4) is 0 Å². The van der Waals surface area contributed by atoms with Crippen LogP contribution >= 0.6 is 0 Å². The lowest BCUT2D eigenvalue weighted by Crippen LogP contribution is -2.46. The standard InChI is InChI=1S/C17H26N2O/c1-14-7-5-8-15(13-14)17(9-3-2-4-10-17)16(20)19-12-6-11-18/h5,7-8,13H,2-4,6,9-12,18H2,1H3,(H,19,20). The molecule has 1 aromatic carbocycles. The van der Waals surface area contributed by atoms with E-state index in [1.807, 2.05) is 0 Å². The van der Waals surface area contributed by atoms with E-state index in [4.69, 9.17) is 5.73 Å². The van der Waals surface area contributed by atoms with E-state index in [1.54, 1.807) is 0 Å². The maximum Gasteiger partial charge on any atom is 0.230 e. The molecule has 0 heterocycles. The zero-order chi connectivity index (χ0) is 14.4. The third-order valence-electron chi connectivity index (χ3n) is 4.38. The van der Waals surface area contributed by atoms with Gasteiger partial charge in [0.25, 0.3) is 0 Å². The van der Waals surface area contributed by atoms with E-state index in [-0.39, 0.29) is 11.3 Å². The van der Waals surface area contributed by atoms with Crippen molar-refractivity contribution in [2.75, 3.05) is 13.1 Å². The second-order valence-corrected chi connectivity index (χ2v) is 5.91. The van der Waals surface area contributed by atoms with E-state index >= 15 is 0 Å². The van der Waals surface area contributed by atoms with E-state index in [0.717, 1.165) is 32.1 Å². The summed E-state index contributed by atoms with van der Waals surface area (Å²) in [6, 6.07) is 8.44. The summed E-state index contributed by atoms with van der Waals surface area (Å²) in [7, 11) is 0. The van der Waals surface area contributed by atoms with Crippen LogP contribution in [0, 0.1) is 6.92 Å². The van der Waals surface area contributed by atoms with Crippen LogP contribution in [0.25, 0.3) is 0 Å². The van der Waals surface area contributed by atoms with Crippen molar-refractivity contribution in [1.29, 1.82) is 0 Å². The van der Waals surface area contributed by atoms with Crippen molar-refractivity contribution >= 4 is 5.91 Å². The summed E-state index contributed by atoms with van der Waals surface area (Å²) in [5.41, 5.74) is 7.59. The first-order valence-electron chi connectivity index (χ1n) is 7.74. The van der Waals surface area contributed by atoms with Crippen molar-refractivity contribution in [2.24, 2.45) is 5.73 Å². The summed E-state index contributed by atoms with van der Waals surface area (Å²) < 4.78 is 0. The molecule has 0 radical (unpaired) electrons. The number of benzene rings is 1. The highest BCUT2D eigenvalue weighted by Crippen LogP contribution is 2.40. The number of carbonyl (C=O) groups excluding carboxylic acids is 1. The van der Waals surface area contributed by atoms with E-state index in [1.165, 1.54) is 17.5 Å². The molecule has 0 atom stereocenters. The molecule has 0 bridgehead atoms. The second kappa shape index (κ2) is 6.89. The Bertz CT molecular complexity index is 450. The SMILES string of the molecule is Cc1cccc(C2(C(=O)NCCCN)CCCCC2)c1. The highest BCUT2D eigenvalue weighted by atomic mass is 16.2. The highest BCUT2D eigenvalue weighted by molar-refractivity contribution is 5.88. The molecular weight excluding hydrogens is 248 g/mol. The van der Waals surface area contributed by atoms with Crippen LogP contribution in [0.2, 0.25) is 0 Å². The van der Waals surface area contributed by atoms with Crippen LogP contribution in [0.3, 0.4) is 0 Å². The second-order valence-electron chi connectivity index (χ2n) is 5.91. The van der Waals surface area contributed by atoms with Gasteiger partial charge in [-0.15, -0.1) is 0 Å². The lowest BCUT2D eigenvalue weighted by atomic mass is 9.68. The van der Waals surface area contributed by atoms with Crippen LogP contribution in [0.15, 0.2) is 24.3 Å². The van der Waals surface area contributed by atoms with Gasteiger partial charge in [-0.05, 0) is 38.3 Å². The Hall–Kier alpha value is -1.35. The van der Waals surface area contributed by atoms with Crippen LogP contribution in [0.4, 0.5) is 0 Å². The number of hydrogen-bond acceptors (Lipinski definition) is 2. The minimum atomic E-state index is -0.321. The lowest BCUT2D eigenvalue weighted by Gasteiger charge is -2.36. The normalized spacial score (nSPS) is 17.7. The number of carbonyl (C=O) groups is 1. The third kappa shape index (κ3) is 3.21. The van der Waals surface area contributed by atoms with Gasteiger partial charge in [0, 0.05) is 6.54 Å². The molecule has 1 saturated carbocycles. The van der Waals surface area contributed by atoms with Gasteiger partial charge in [-0.3, -0.25) is 4.79 Å². The maximum atomic E-state index is 12.8. The summed E-state index contributed by atoms with van der Waals surface area (Å²) in [5.74, 6) is 0.191. The Kier molecular flexibility index (Phi) is 5.18. The first-order valence-corrected chi connectivity index (χ1v) is 7.74. The Morgan fingerprint density at radius 1 is 1.30 bits per heavy atom. The van der Waals surface area contributed by atoms with Crippen molar-refractivity contribution in [1.82, 2.24) is 5.32 Å². The predicted octanol–water partition coefficient (Wildman–Crippen LogP) is 2.66. The van der Waals surface area contributed by atoms with Gasteiger partial charge >= 0.3 is 0 Å². The summed E-state index contributed by atoms with van der Waals surface area (Å²) in [6.45, 7) is 3.40. The minimum absolute atomic E-state index is 0.191. The molecule has 0 saturated heterocycles. The number of nitrogens with two attached hydrogens (primary N) is 1. The first-order chi connectivity index (χ1) is 9.69. The number of hydrogen-bond donors (Lipinski definition) is 2. The fraction of sp³-hybridized carbons (Fsp3) is 0.588. The summed E-state index contributed by atoms with van der Waals surface area (Å²) in [6.07, 6.45) is 6.28. The van der Waals surface area contributed by atoms with Crippen molar-refractivity contribution < 1.29 is 4.79 Å². The average molecular weight is 274 g/mol. The van der Waals surface area contributed by atoms with Gasteiger partial charge in [0.05, 0.1) is 5.41 Å². The Morgan fingerprint density at radius 3 is 2.70 bits per heavy atom. The summed E-state index contributed by atoms with van der Waals surface area (Å²) in [5, 5.41) is 3.09. The summed E-state index contributed by atoms with van der Waals surface area (Å²) in [4.78, 5) is 12.8. The molecular formula is C17H26N2O. The van der Waals surface area contributed by atoms with Crippen LogP contribution in [0.5, 0.6) is 0 Å². The van der Waals surface area contributed by atoms with Gasteiger partial charge in [-0.25, -0.2) is 0 Å². The number of aryl methyl sites for hydroxylation is 1. The van der Waals surface area contributed by atoms with E-state index < -0.39 is 0 Å². The lowest BCUT2D eigenvalue weighted by molar-refractivity contribution is -0.128. The minimum Gasteiger partial charge on any atom is -0.355 e. The van der Waals surface area contributed by atoms with Crippen molar-refractivity contribution in [3.05, 3.63) is 35.4 Å². The van der Waals surface area contributed by atoms with Gasteiger partial charge in [0.15, 0.2) is 0 Å². The first kappa shape index (κ1) is 15.0. The molecule has 3 heteroatoms. The zero-order valence-electron chi connectivity index (χ0n) is 12.5. The molecule has 0 unspecified atom stereocenters. The largest absolute Gasteiger partial charge is 0.355 e. The van der Waals surface area contributed by atoms with Crippen LogP contribution in [-0.4, -0.2) is 19.0 Å². The van der Waals surface area contributed by atoms with Crippen molar-refractivity contribution in [2.45, 2.75) is 50.9 Å². The number of rotatable bonds is 5. The van der Waals surface area contributed by atoms with Crippen LogP contribution in [0.1, 0.15) is 49.7 Å². The molecule has 0 aliphatic heterocycles. The van der Waals surface area contributed by atoms with Gasteiger partial charge < -0.3 is 11.1 Å². The molecule has 0 aromatic heterocycles. The highest BCUT2D eigenvalue weighted by Gasteiger charge is 2.40. The van der Waals surface area contributed by atoms with E-state index in [2.05, 4.69) is 36.5 Å². The van der Waals surface area contributed by atoms with Gasteiger partial charge in [0.1, 0.15) is 0 Å².